The molecule has 4 heteroatoms. The highest BCUT2D eigenvalue weighted by Crippen LogP contribution is 2.22. The van der Waals surface area contributed by atoms with Gasteiger partial charge in [0.15, 0.2) is 0 Å². The molecule has 0 aromatic heterocycles. The smallest absolute Gasteiger partial charge is 0.136 e. The van der Waals surface area contributed by atoms with Crippen LogP contribution in [-0.2, 0) is 6.54 Å². The maximum absolute atomic E-state index is 13.4. The van der Waals surface area contributed by atoms with E-state index in [2.05, 4.69) is 0 Å². The lowest BCUT2D eigenvalue weighted by Crippen LogP contribution is -2.05. The van der Waals surface area contributed by atoms with E-state index in [1.165, 1.54) is 17.8 Å². The molecule has 0 aliphatic heterocycles. The van der Waals surface area contributed by atoms with Crippen molar-refractivity contribution < 1.29 is 9.13 Å². The summed E-state index contributed by atoms with van der Waals surface area (Å²) in [5.74, 6) is 1.31. The fourth-order valence-electron chi connectivity index (χ4n) is 1.68. The van der Waals surface area contributed by atoms with Crippen LogP contribution in [0.4, 0.5) is 4.39 Å². The van der Waals surface area contributed by atoms with Crippen molar-refractivity contribution in [2.45, 2.75) is 11.4 Å². The second-order valence-electron chi connectivity index (χ2n) is 3.94. The molecule has 2 aromatic carbocycles. The molecule has 2 aromatic rings. The van der Waals surface area contributed by atoms with Crippen molar-refractivity contribution in [2.75, 3.05) is 12.4 Å². The van der Waals surface area contributed by atoms with Crippen LogP contribution in [0, 0.1) is 5.82 Å². The Labute approximate surface area is 116 Å². The molecule has 0 saturated heterocycles. The average Bonchev–Trinajstić information content (AvgIpc) is 2.45. The zero-order valence-electron chi connectivity index (χ0n) is 10.5. The van der Waals surface area contributed by atoms with Crippen molar-refractivity contribution in [1.29, 1.82) is 0 Å². The number of rotatable bonds is 6. The van der Waals surface area contributed by atoms with E-state index >= 15 is 0 Å². The van der Waals surface area contributed by atoms with Crippen LogP contribution in [0.2, 0.25) is 0 Å². The summed E-state index contributed by atoms with van der Waals surface area (Å²) in [4.78, 5) is 0.651. The van der Waals surface area contributed by atoms with Crippen LogP contribution in [0.1, 0.15) is 5.56 Å². The molecule has 0 heterocycles. The van der Waals surface area contributed by atoms with Crippen molar-refractivity contribution in [3.8, 4) is 5.75 Å². The van der Waals surface area contributed by atoms with Gasteiger partial charge in [0.2, 0.25) is 0 Å². The summed E-state index contributed by atoms with van der Waals surface area (Å²) in [7, 11) is 0. The molecule has 0 amide bonds. The first-order chi connectivity index (χ1) is 9.31. The summed E-state index contributed by atoms with van der Waals surface area (Å²) >= 11 is 1.45. The third-order valence-electron chi connectivity index (χ3n) is 2.63. The molecule has 0 atom stereocenters. The lowest BCUT2D eigenvalue weighted by molar-refractivity contribution is 0.340. The largest absolute Gasteiger partial charge is 0.492 e. The lowest BCUT2D eigenvalue weighted by atomic mass is 10.2. The molecule has 0 aliphatic carbocycles. The third-order valence-corrected chi connectivity index (χ3v) is 3.64. The number of nitrogens with two attached hydrogens (primary N) is 1. The molecule has 2 rings (SSSR count). The van der Waals surface area contributed by atoms with E-state index < -0.39 is 0 Å². The molecule has 2 N–H and O–H groups in total. The van der Waals surface area contributed by atoms with E-state index in [1.54, 1.807) is 12.1 Å². The molecule has 2 nitrogen and oxygen atoms in total. The van der Waals surface area contributed by atoms with Gasteiger partial charge in [0.1, 0.15) is 11.6 Å². The summed E-state index contributed by atoms with van der Waals surface area (Å²) in [6.45, 7) is 0.979. The molecule has 0 spiro atoms. The van der Waals surface area contributed by atoms with Gasteiger partial charge >= 0.3 is 0 Å². The van der Waals surface area contributed by atoms with Gasteiger partial charge in [-0.2, -0.15) is 0 Å². The van der Waals surface area contributed by atoms with Gasteiger partial charge in [-0.15, -0.1) is 11.8 Å². The van der Waals surface area contributed by atoms with Crippen LogP contribution in [0.15, 0.2) is 53.4 Å². The zero-order chi connectivity index (χ0) is 13.5. The van der Waals surface area contributed by atoms with Gasteiger partial charge in [0.25, 0.3) is 0 Å². The van der Waals surface area contributed by atoms with E-state index in [1.807, 2.05) is 30.3 Å². The number of halogens is 1. The topological polar surface area (TPSA) is 35.2 Å². The number of thioether (sulfide) groups is 1. The number of ether oxygens (including phenoxy) is 1. The summed E-state index contributed by atoms with van der Waals surface area (Å²) < 4.78 is 19.0. The van der Waals surface area contributed by atoms with Gasteiger partial charge in [-0.25, -0.2) is 4.39 Å². The number of hydrogen-bond acceptors (Lipinski definition) is 3. The second-order valence-corrected chi connectivity index (χ2v) is 5.08. The van der Waals surface area contributed by atoms with Gasteiger partial charge in [0.05, 0.1) is 6.61 Å². The molecule has 0 bridgehead atoms. The summed E-state index contributed by atoms with van der Waals surface area (Å²) in [5, 5.41) is 0. The number of benzene rings is 2. The van der Waals surface area contributed by atoms with E-state index in [-0.39, 0.29) is 5.82 Å². The van der Waals surface area contributed by atoms with Crippen LogP contribution in [-0.4, -0.2) is 12.4 Å². The van der Waals surface area contributed by atoms with Crippen LogP contribution in [0.25, 0.3) is 0 Å². The Kier molecular flexibility index (Phi) is 5.24. The van der Waals surface area contributed by atoms with Crippen molar-refractivity contribution in [3.05, 3.63) is 59.9 Å². The van der Waals surface area contributed by atoms with Gasteiger partial charge in [0, 0.05) is 22.8 Å². The first-order valence-corrected chi connectivity index (χ1v) is 7.08. The molecule has 19 heavy (non-hydrogen) atoms. The van der Waals surface area contributed by atoms with Crippen molar-refractivity contribution >= 4 is 11.8 Å². The SMILES string of the molecule is NCc1ccccc1OCCSc1ccccc1F. The molecule has 100 valence electrons. The predicted molar refractivity (Wildman–Crippen MR) is 77.0 cm³/mol. The molecule has 0 saturated carbocycles. The van der Waals surface area contributed by atoms with Crippen LogP contribution < -0.4 is 10.5 Å². The Morgan fingerprint density at radius 2 is 1.79 bits per heavy atom. The molecule has 0 radical (unpaired) electrons. The Bertz CT molecular complexity index is 533. The fraction of sp³-hybridized carbons (Fsp3) is 0.200. The summed E-state index contributed by atoms with van der Waals surface area (Å²) in [5.41, 5.74) is 6.62. The van der Waals surface area contributed by atoms with E-state index in [9.17, 15) is 4.39 Å². The minimum absolute atomic E-state index is 0.185. The van der Waals surface area contributed by atoms with Crippen molar-refractivity contribution in [3.63, 3.8) is 0 Å². The van der Waals surface area contributed by atoms with Gasteiger partial charge < -0.3 is 10.5 Å². The predicted octanol–water partition coefficient (Wildman–Crippen LogP) is 3.46. The van der Waals surface area contributed by atoms with Gasteiger partial charge in [-0.05, 0) is 18.2 Å². The number of hydrogen-bond donors (Lipinski definition) is 1. The third kappa shape index (κ3) is 3.98. The first-order valence-electron chi connectivity index (χ1n) is 6.09. The van der Waals surface area contributed by atoms with E-state index in [4.69, 9.17) is 10.5 Å². The van der Waals surface area contributed by atoms with E-state index in [0.29, 0.717) is 23.8 Å². The summed E-state index contributed by atoms with van der Waals surface area (Å²) in [6.07, 6.45) is 0. The Morgan fingerprint density at radius 3 is 2.58 bits per heavy atom. The standard InChI is InChI=1S/C15H16FNOS/c16-13-6-2-4-8-15(13)19-10-9-18-14-7-3-1-5-12(14)11-17/h1-8H,9-11,17H2. The average molecular weight is 277 g/mol. The van der Waals surface area contributed by atoms with Gasteiger partial charge in [-0.1, -0.05) is 30.3 Å². The Morgan fingerprint density at radius 1 is 1.05 bits per heavy atom. The monoisotopic (exact) mass is 277 g/mol. The van der Waals surface area contributed by atoms with Crippen molar-refractivity contribution in [1.82, 2.24) is 0 Å². The van der Waals surface area contributed by atoms with E-state index in [0.717, 1.165) is 11.3 Å². The molecular weight excluding hydrogens is 261 g/mol. The maximum atomic E-state index is 13.4. The maximum Gasteiger partial charge on any atom is 0.136 e. The molecular formula is C15H16FNOS. The highest BCUT2D eigenvalue weighted by atomic mass is 32.2. The lowest BCUT2D eigenvalue weighted by Gasteiger charge is -2.10. The zero-order valence-corrected chi connectivity index (χ0v) is 11.3. The minimum Gasteiger partial charge on any atom is -0.492 e. The van der Waals surface area contributed by atoms with Crippen molar-refractivity contribution in [2.24, 2.45) is 5.73 Å². The highest BCUT2D eigenvalue weighted by Gasteiger charge is 2.03. The first kappa shape index (κ1) is 13.9. The minimum atomic E-state index is -0.185. The molecule has 0 fully saturated rings. The normalized spacial score (nSPS) is 10.4. The fourth-order valence-corrected chi connectivity index (χ4v) is 2.45. The number of para-hydroxylation sites is 1. The summed E-state index contributed by atoms with van der Waals surface area (Å²) in [6, 6.07) is 14.4. The van der Waals surface area contributed by atoms with Gasteiger partial charge in [-0.3, -0.25) is 0 Å². The second kappa shape index (κ2) is 7.16. The van der Waals surface area contributed by atoms with Crippen LogP contribution in [0.3, 0.4) is 0 Å². The molecule has 0 aliphatic rings. The quantitative estimate of drug-likeness (QED) is 0.649. The highest BCUT2D eigenvalue weighted by molar-refractivity contribution is 7.99. The Hall–Kier alpha value is -1.52. The van der Waals surface area contributed by atoms with Crippen LogP contribution in [0.5, 0.6) is 5.75 Å². The molecule has 0 unspecified atom stereocenters. The Balaban J connectivity index is 1.83. The van der Waals surface area contributed by atoms with Crippen LogP contribution >= 0.6 is 11.8 Å².